The first-order valence-corrected chi connectivity index (χ1v) is 8.09. The number of rotatable bonds is 4. The Morgan fingerprint density at radius 3 is 3.00 bits per heavy atom. The topological polar surface area (TPSA) is 50.3 Å². The monoisotopic (exact) mass is 268 g/mol. The maximum absolute atomic E-state index is 11.9. The summed E-state index contributed by atoms with van der Waals surface area (Å²) in [6.07, 6.45) is 6.61. The highest BCUT2D eigenvalue weighted by Crippen LogP contribution is 2.22. The van der Waals surface area contributed by atoms with E-state index in [1.807, 2.05) is 12.3 Å². The predicted molar refractivity (Wildman–Crippen MR) is 71.7 cm³/mol. The Hall–Kier alpha value is -0.940. The third kappa shape index (κ3) is 3.29. The van der Waals surface area contributed by atoms with Gasteiger partial charge in [-0.25, -0.2) is 12.7 Å². The summed E-state index contributed by atoms with van der Waals surface area (Å²) in [7, 11) is -3.03. The minimum absolute atomic E-state index is 0.201. The standard InChI is InChI=1S/C13H20N2O2S/c1-2-18(16,17)15-8-4-6-13(11-15)9-12-5-3-7-14-10-12/h3,5,7,10,13H,2,4,6,8-9,11H2,1H3. The Labute approximate surface area is 109 Å². The molecule has 1 aliphatic heterocycles. The van der Waals surface area contributed by atoms with E-state index in [0.717, 1.165) is 19.3 Å². The summed E-state index contributed by atoms with van der Waals surface area (Å²) in [5.41, 5.74) is 1.19. The zero-order chi connectivity index (χ0) is 13.0. The van der Waals surface area contributed by atoms with Crippen LogP contribution in [0.4, 0.5) is 0 Å². The van der Waals surface area contributed by atoms with E-state index in [0.29, 0.717) is 19.0 Å². The molecule has 0 spiro atoms. The minimum Gasteiger partial charge on any atom is -0.264 e. The fourth-order valence-electron chi connectivity index (χ4n) is 2.48. The lowest BCUT2D eigenvalue weighted by atomic mass is 9.93. The summed E-state index contributed by atoms with van der Waals surface area (Å²) < 4.78 is 25.4. The number of sulfonamides is 1. The van der Waals surface area contributed by atoms with Gasteiger partial charge in [0.25, 0.3) is 0 Å². The van der Waals surface area contributed by atoms with Gasteiger partial charge in [-0.15, -0.1) is 0 Å². The zero-order valence-electron chi connectivity index (χ0n) is 10.7. The molecule has 0 bridgehead atoms. The molecule has 100 valence electrons. The van der Waals surface area contributed by atoms with Gasteiger partial charge >= 0.3 is 0 Å². The highest BCUT2D eigenvalue weighted by atomic mass is 32.2. The molecule has 18 heavy (non-hydrogen) atoms. The maximum Gasteiger partial charge on any atom is 0.213 e. The molecule has 1 fully saturated rings. The van der Waals surface area contributed by atoms with E-state index in [1.54, 1.807) is 17.4 Å². The second-order valence-electron chi connectivity index (χ2n) is 4.83. The normalized spacial score (nSPS) is 21.9. The van der Waals surface area contributed by atoms with Crippen molar-refractivity contribution in [1.29, 1.82) is 0 Å². The Morgan fingerprint density at radius 2 is 2.33 bits per heavy atom. The highest BCUT2D eigenvalue weighted by Gasteiger charge is 2.27. The van der Waals surface area contributed by atoms with Crippen molar-refractivity contribution in [3.05, 3.63) is 30.1 Å². The first-order valence-electron chi connectivity index (χ1n) is 6.48. The zero-order valence-corrected chi connectivity index (χ0v) is 11.6. The van der Waals surface area contributed by atoms with Gasteiger partial charge in [0.1, 0.15) is 0 Å². The number of pyridine rings is 1. The van der Waals surface area contributed by atoms with E-state index in [-0.39, 0.29) is 5.75 Å². The van der Waals surface area contributed by atoms with Gasteiger partial charge in [0, 0.05) is 25.5 Å². The summed E-state index contributed by atoms with van der Waals surface area (Å²) in [5, 5.41) is 0. The Morgan fingerprint density at radius 1 is 1.50 bits per heavy atom. The van der Waals surface area contributed by atoms with Crippen molar-refractivity contribution >= 4 is 10.0 Å². The summed E-state index contributed by atoms with van der Waals surface area (Å²) in [5.74, 6) is 0.622. The van der Waals surface area contributed by atoms with E-state index in [4.69, 9.17) is 0 Å². The van der Waals surface area contributed by atoms with Gasteiger partial charge in [-0.05, 0) is 43.7 Å². The van der Waals surface area contributed by atoms with Gasteiger partial charge in [-0.2, -0.15) is 0 Å². The molecule has 2 rings (SSSR count). The molecular weight excluding hydrogens is 248 g/mol. The van der Waals surface area contributed by atoms with E-state index in [9.17, 15) is 8.42 Å². The lowest BCUT2D eigenvalue weighted by Crippen LogP contribution is -2.41. The Kier molecular flexibility index (Phi) is 4.35. The summed E-state index contributed by atoms with van der Waals surface area (Å²) in [4.78, 5) is 4.10. The van der Waals surface area contributed by atoms with Crippen molar-refractivity contribution in [3.8, 4) is 0 Å². The largest absolute Gasteiger partial charge is 0.264 e. The van der Waals surface area contributed by atoms with Gasteiger partial charge in [-0.3, -0.25) is 4.98 Å². The van der Waals surface area contributed by atoms with Crippen LogP contribution < -0.4 is 0 Å². The SMILES string of the molecule is CCS(=O)(=O)N1CCCC(Cc2cccnc2)C1. The van der Waals surface area contributed by atoms with Crippen LogP contribution in [0.5, 0.6) is 0 Å². The highest BCUT2D eigenvalue weighted by molar-refractivity contribution is 7.89. The molecule has 0 radical (unpaired) electrons. The van der Waals surface area contributed by atoms with Crippen molar-refractivity contribution in [3.63, 3.8) is 0 Å². The van der Waals surface area contributed by atoms with Crippen LogP contribution in [-0.2, 0) is 16.4 Å². The van der Waals surface area contributed by atoms with Crippen molar-refractivity contribution in [2.45, 2.75) is 26.2 Å². The third-order valence-electron chi connectivity index (χ3n) is 3.49. The van der Waals surface area contributed by atoms with E-state index in [2.05, 4.69) is 11.1 Å². The van der Waals surface area contributed by atoms with Crippen LogP contribution in [0.25, 0.3) is 0 Å². The molecule has 1 aromatic heterocycles. The van der Waals surface area contributed by atoms with Gasteiger partial charge in [0.2, 0.25) is 10.0 Å². The van der Waals surface area contributed by atoms with Crippen LogP contribution in [0.15, 0.2) is 24.5 Å². The van der Waals surface area contributed by atoms with E-state index < -0.39 is 10.0 Å². The van der Waals surface area contributed by atoms with Crippen molar-refractivity contribution in [2.24, 2.45) is 5.92 Å². The fraction of sp³-hybridized carbons (Fsp3) is 0.615. The number of aromatic nitrogens is 1. The number of nitrogens with zero attached hydrogens (tertiary/aromatic N) is 2. The number of hydrogen-bond acceptors (Lipinski definition) is 3. The van der Waals surface area contributed by atoms with E-state index >= 15 is 0 Å². The Balaban J connectivity index is 1.99. The molecule has 0 aromatic carbocycles. The van der Waals surface area contributed by atoms with Gasteiger partial charge in [0.15, 0.2) is 0 Å². The van der Waals surface area contributed by atoms with Gasteiger partial charge in [0.05, 0.1) is 5.75 Å². The van der Waals surface area contributed by atoms with Crippen LogP contribution in [-0.4, -0.2) is 36.5 Å². The second kappa shape index (κ2) is 5.80. The molecule has 1 saturated heterocycles. The molecule has 0 N–H and O–H groups in total. The summed E-state index contributed by atoms with van der Waals surface area (Å²) >= 11 is 0. The smallest absolute Gasteiger partial charge is 0.213 e. The average Bonchev–Trinajstić information content (AvgIpc) is 2.40. The second-order valence-corrected chi connectivity index (χ2v) is 7.09. The van der Waals surface area contributed by atoms with Crippen LogP contribution >= 0.6 is 0 Å². The summed E-state index contributed by atoms with van der Waals surface area (Å²) in [6.45, 7) is 3.05. The third-order valence-corrected chi connectivity index (χ3v) is 5.34. The molecule has 1 aliphatic rings. The van der Waals surface area contributed by atoms with Crippen LogP contribution in [0.3, 0.4) is 0 Å². The predicted octanol–water partition coefficient (Wildman–Crippen LogP) is 1.69. The van der Waals surface area contributed by atoms with Crippen molar-refractivity contribution < 1.29 is 8.42 Å². The lowest BCUT2D eigenvalue weighted by molar-refractivity contribution is 0.265. The van der Waals surface area contributed by atoms with Gasteiger partial charge in [-0.1, -0.05) is 6.07 Å². The molecule has 5 heteroatoms. The van der Waals surface area contributed by atoms with Crippen molar-refractivity contribution in [2.75, 3.05) is 18.8 Å². The molecule has 0 aliphatic carbocycles. The molecule has 2 heterocycles. The Bertz CT molecular complexity index is 473. The molecule has 4 nitrogen and oxygen atoms in total. The maximum atomic E-state index is 11.9. The molecule has 0 saturated carbocycles. The molecule has 1 unspecified atom stereocenters. The summed E-state index contributed by atoms with van der Waals surface area (Å²) in [6, 6.07) is 3.99. The molecule has 1 atom stereocenters. The molecular formula is C13H20N2O2S. The van der Waals surface area contributed by atoms with Gasteiger partial charge < -0.3 is 0 Å². The number of piperidine rings is 1. The van der Waals surface area contributed by atoms with Crippen LogP contribution in [0.1, 0.15) is 25.3 Å². The quantitative estimate of drug-likeness (QED) is 0.835. The van der Waals surface area contributed by atoms with Crippen LogP contribution in [0.2, 0.25) is 0 Å². The lowest BCUT2D eigenvalue weighted by Gasteiger charge is -2.31. The van der Waals surface area contributed by atoms with E-state index in [1.165, 1.54) is 5.56 Å². The average molecular weight is 268 g/mol. The first-order chi connectivity index (χ1) is 8.62. The van der Waals surface area contributed by atoms with Crippen LogP contribution in [0, 0.1) is 5.92 Å². The minimum atomic E-state index is -3.03. The molecule has 0 amide bonds. The van der Waals surface area contributed by atoms with Crippen molar-refractivity contribution in [1.82, 2.24) is 9.29 Å². The number of hydrogen-bond donors (Lipinski definition) is 0. The molecule has 1 aromatic rings. The first kappa shape index (κ1) is 13.5. The fourth-order valence-corrected chi connectivity index (χ4v) is 3.69.